The van der Waals surface area contributed by atoms with Crippen LogP contribution in [-0.2, 0) is 15.1 Å². The molecule has 5 nitrogen and oxygen atoms in total. The Bertz CT molecular complexity index is 573. The van der Waals surface area contributed by atoms with Crippen LogP contribution < -0.4 is 5.32 Å². The number of carbonyl (C=O) groups excluding carboxylic acids is 1. The number of rotatable bonds is 5. The van der Waals surface area contributed by atoms with Gasteiger partial charge in [-0.25, -0.2) is 4.98 Å². The fraction of sp³-hybridized carbons (Fsp3) is 0.667. The maximum atomic E-state index is 12.3. The Morgan fingerprint density at radius 2 is 2.00 bits per heavy atom. The summed E-state index contributed by atoms with van der Waals surface area (Å²) in [6, 6.07) is 0. The lowest BCUT2D eigenvalue weighted by atomic mass is 9.66. The minimum atomic E-state index is -0.836. The van der Waals surface area contributed by atoms with Gasteiger partial charge in [-0.05, 0) is 39.0 Å². The number of thiazole rings is 1. The van der Waals surface area contributed by atoms with E-state index in [-0.39, 0.29) is 17.9 Å². The van der Waals surface area contributed by atoms with Gasteiger partial charge in [-0.2, -0.15) is 0 Å². The normalized spacial score (nSPS) is 22.0. The molecule has 2 fully saturated rings. The molecule has 0 spiro atoms. The highest BCUT2D eigenvalue weighted by atomic mass is 32.1. The molecule has 2 aliphatic rings. The van der Waals surface area contributed by atoms with E-state index in [1.54, 1.807) is 11.3 Å². The van der Waals surface area contributed by atoms with Crippen molar-refractivity contribution >= 4 is 23.2 Å². The molecule has 0 aliphatic heterocycles. The second kappa shape index (κ2) is 5.09. The highest BCUT2D eigenvalue weighted by molar-refractivity contribution is 7.09. The standard InChI is InChI=1S/C15H20N2O3S/c1-10-9-21-12(16-10)15(6-3-7-15)17-11(18)8-14(13(19)20)4-2-5-14/h9H,2-8H2,1H3,(H,17,18)(H,19,20). The largest absolute Gasteiger partial charge is 0.481 e. The molecule has 21 heavy (non-hydrogen) atoms. The number of aliphatic carboxylic acids is 1. The Labute approximate surface area is 127 Å². The van der Waals surface area contributed by atoms with Crippen LogP contribution in [0.3, 0.4) is 0 Å². The molecular formula is C15H20N2O3S. The molecule has 0 bridgehead atoms. The van der Waals surface area contributed by atoms with E-state index in [9.17, 15) is 14.7 Å². The third-order valence-corrected chi connectivity index (χ3v) is 6.04. The van der Waals surface area contributed by atoms with Crippen LogP contribution in [0.15, 0.2) is 5.38 Å². The molecule has 0 saturated heterocycles. The minimum Gasteiger partial charge on any atom is -0.481 e. The zero-order valence-electron chi connectivity index (χ0n) is 12.1. The second-order valence-corrected chi connectivity index (χ2v) is 7.25. The number of nitrogens with zero attached hydrogens (tertiary/aromatic N) is 1. The van der Waals surface area contributed by atoms with Gasteiger partial charge < -0.3 is 10.4 Å². The molecule has 2 aliphatic carbocycles. The van der Waals surface area contributed by atoms with Crippen LogP contribution in [0.1, 0.15) is 55.6 Å². The van der Waals surface area contributed by atoms with E-state index in [0.29, 0.717) is 12.8 Å². The number of carboxylic acids is 1. The number of carbonyl (C=O) groups is 2. The van der Waals surface area contributed by atoms with Crippen molar-refractivity contribution in [2.75, 3.05) is 0 Å². The predicted molar refractivity (Wildman–Crippen MR) is 79.1 cm³/mol. The first-order valence-electron chi connectivity index (χ1n) is 7.43. The highest BCUT2D eigenvalue weighted by Crippen LogP contribution is 2.46. The van der Waals surface area contributed by atoms with Crippen LogP contribution >= 0.6 is 11.3 Å². The maximum absolute atomic E-state index is 12.3. The van der Waals surface area contributed by atoms with E-state index in [2.05, 4.69) is 10.3 Å². The summed E-state index contributed by atoms with van der Waals surface area (Å²) in [5.74, 6) is -0.985. The SMILES string of the molecule is Cc1csc(C2(NC(=O)CC3(C(=O)O)CCC3)CCC2)n1. The third kappa shape index (κ3) is 2.46. The highest BCUT2D eigenvalue weighted by Gasteiger charge is 2.48. The molecule has 2 N–H and O–H groups in total. The Hall–Kier alpha value is -1.43. The topological polar surface area (TPSA) is 79.3 Å². The summed E-state index contributed by atoms with van der Waals surface area (Å²) < 4.78 is 0. The molecular weight excluding hydrogens is 288 g/mol. The van der Waals surface area contributed by atoms with Gasteiger partial charge in [0, 0.05) is 17.5 Å². The first-order chi connectivity index (χ1) is 9.96. The van der Waals surface area contributed by atoms with E-state index < -0.39 is 11.4 Å². The lowest BCUT2D eigenvalue weighted by Crippen LogP contribution is -2.53. The molecule has 1 aromatic rings. The van der Waals surface area contributed by atoms with Crippen molar-refractivity contribution in [3.05, 3.63) is 16.1 Å². The summed E-state index contributed by atoms with van der Waals surface area (Å²) in [7, 11) is 0. The second-order valence-electron chi connectivity index (χ2n) is 6.39. The summed E-state index contributed by atoms with van der Waals surface area (Å²) in [6.07, 6.45) is 5.07. The summed E-state index contributed by atoms with van der Waals surface area (Å²) >= 11 is 1.58. The fourth-order valence-corrected chi connectivity index (χ4v) is 4.20. The van der Waals surface area contributed by atoms with Gasteiger partial charge in [-0.15, -0.1) is 11.3 Å². The summed E-state index contributed by atoms with van der Waals surface area (Å²) in [5, 5.41) is 15.4. The van der Waals surface area contributed by atoms with Crippen LogP contribution in [0.4, 0.5) is 0 Å². The Morgan fingerprint density at radius 3 is 2.38 bits per heavy atom. The molecule has 6 heteroatoms. The van der Waals surface area contributed by atoms with Crippen molar-refractivity contribution in [2.45, 2.75) is 57.4 Å². The minimum absolute atomic E-state index is 0.0917. The van der Waals surface area contributed by atoms with E-state index in [1.807, 2.05) is 12.3 Å². The zero-order valence-corrected chi connectivity index (χ0v) is 13.0. The molecule has 0 unspecified atom stereocenters. The number of hydrogen-bond donors (Lipinski definition) is 2. The molecule has 1 heterocycles. The molecule has 114 valence electrons. The molecule has 1 aromatic heterocycles. The van der Waals surface area contributed by atoms with Gasteiger partial charge in [0.2, 0.25) is 5.91 Å². The van der Waals surface area contributed by atoms with Gasteiger partial charge >= 0.3 is 5.97 Å². The van der Waals surface area contributed by atoms with Crippen LogP contribution in [0.5, 0.6) is 0 Å². The summed E-state index contributed by atoms with van der Waals surface area (Å²) in [4.78, 5) is 28.2. The van der Waals surface area contributed by atoms with Crippen LogP contribution in [-0.4, -0.2) is 22.0 Å². The van der Waals surface area contributed by atoms with Crippen LogP contribution in [0.2, 0.25) is 0 Å². The van der Waals surface area contributed by atoms with Gasteiger partial charge in [0.1, 0.15) is 5.01 Å². The Kier molecular flexibility index (Phi) is 3.51. The first kappa shape index (κ1) is 14.5. The van der Waals surface area contributed by atoms with Gasteiger partial charge in [-0.3, -0.25) is 9.59 Å². The van der Waals surface area contributed by atoms with Crippen molar-refractivity contribution in [3.63, 3.8) is 0 Å². The molecule has 0 aromatic carbocycles. The number of aryl methyl sites for hydroxylation is 1. The lowest BCUT2D eigenvalue weighted by Gasteiger charge is -2.43. The fourth-order valence-electron chi connectivity index (χ4n) is 3.18. The predicted octanol–water partition coefficient (Wildman–Crippen LogP) is 2.59. The number of nitrogens with one attached hydrogen (secondary N) is 1. The zero-order chi connectivity index (χ0) is 15.1. The van der Waals surface area contributed by atoms with E-state index in [4.69, 9.17) is 0 Å². The van der Waals surface area contributed by atoms with Gasteiger partial charge in [0.15, 0.2) is 0 Å². The molecule has 2 saturated carbocycles. The van der Waals surface area contributed by atoms with Gasteiger partial charge in [0.05, 0.1) is 11.0 Å². The Morgan fingerprint density at radius 1 is 1.33 bits per heavy atom. The molecule has 3 rings (SSSR count). The number of carboxylic acid groups (broad SMARTS) is 1. The Balaban J connectivity index is 1.70. The van der Waals surface area contributed by atoms with Crippen molar-refractivity contribution < 1.29 is 14.7 Å². The quantitative estimate of drug-likeness (QED) is 0.876. The van der Waals surface area contributed by atoms with Crippen molar-refractivity contribution in [1.82, 2.24) is 10.3 Å². The van der Waals surface area contributed by atoms with Crippen molar-refractivity contribution in [1.29, 1.82) is 0 Å². The van der Waals surface area contributed by atoms with Gasteiger partial charge in [-0.1, -0.05) is 6.42 Å². The van der Waals surface area contributed by atoms with Crippen LogP contribution in [0.25, 0.3) is 0 Å². The maximum Gasteiger partial charge on any atom is 0.310 e. The van der Waals surface area contributed by atoms with Gasteiger partial charge in [0.25, 0.3) is 0 Å². The number of aromatic nitrogens is 1. The van der Waals surface area contributed by atoms with Crippen LogP contribution in [0, 0.1) is 12.3 Å². The molecule has 1 amide bonds. The average Bonchev–Trinajstić information content (AvgIpc) is 2.75. The average molecular weight is 308 g/mol. The lowest BCUT2D eigenvalue weighted by molar-refractivity contribution is -0.158. The molecule has 0 radical (unpaired) electrons. The van der Waals surface area contributed by atoms with E-state index in [0.717, 1.165) is 36.4 Å². The molecule has 0 atom stereocenters. The van der Waals surface area contributed by atoms with E-state index >= 15 is 0 Å². The summed E-state index contributed by atoms with van der Waals surface area (Å²) in [5.41, 5.74) is -0.204. The number of amides is 1. The summed E-state index contributed by atoms with van der Waals surface area (Å²) in [6.45, 7) is 1.95. The van der Waals surface area contributed by atoms with Crippen molar-refractivity contribution in [3.8, 4) is 0 Å². The monoisotopic (exact) mass is 308 g/mol. The third-order valence-electron chi connectivity index (χ3n) is 4.88. The van der Waals surface area contributed by atoms with Crippen molar-refractivity contribution in [2.24, 2.45) is 5.41 Å². The number of hydrogen-bond acceptors (Lipinski definition) is 4. The smallest absolute Gasteiger partial charge is 0.310 e. The van der Waals surface area contributed by atoms with E-state index in [1.165, 1.54) is 0 Å². The first-order valence-corrected chi connectivity index (χ1v) is 8.31.